The maximum Gasteiger partial charge on any atom is 0.161 e. The van der Waals surface area contributed by atoms with Gasteiger partial charge in [-0.2, -0.15) is 0 Å². The van der Waals surface area contributed by atoms with E-state index in [0.29, 0.717) is 33.0 Å². The molecular weight excluding hydrogens is 384 g/mol. The van der Waals surface area contributed by atoms with Crippen LogP contribution in [0.5, 0.6) is 0 Å². The Morgan fingerprint density at radius 3 is 2.79 bits per heavy atom. The lowest BCUT2D eigenvalue weighted by molar-refractivity contribution is 0.510. The van der Waals surface area contributed by atoms with Crippen LogP contribution in [0.1, 0.15) is 6.42 Å². The van der Waals surface area contributed by atoms with Gasteiger partial charge < -0.3 is 15.6 Å². The number of aromatic amines is 1. The predicted molar refractivity (Wildman–Crippen MR) is 107 cm³/mol. The highest BCUT2D eigenvalue weighted by molar-refractivity contribution is 6.31. The summed E-state index contributed by atoms with van der Waals surface area (Å²) in [4.78, 5) is 12.2. The van der Waals surface area contributed by atoms with Crippen molar-refractivity contribution in [1.82, 2.24) is 20.3 Å². The molecular formula is C20H16ClF2N5. The fourth-order valence-corrected chi connectivity index (χ4v) is 3.79. The number of nitrogens with one attached hydrogen (secondary N) is 3. The predicted octanol–water partition coefficient (Wildman–Crippen LogP) is 4.48. The SMILES string of the molecule is Fc1cc2ncc(-c3nc4ccc(Cl)cc4[nH]3)c(NC3CCNC3)c2cc1F. The molecule has 2 aromatic heterocycles. The van der Waals surface area contributed by atoms with Crippen molar-refractivity contribution in [3.63, 3.8) is 0 Å². The highest BCUT2D eigenvalue weighted by Crippen LogP contribution is 2.35. The van der Waals surface area contributed by atoms with Gasteiger partial charge in [-0.1, -0.05) is 11.6 Å². The molecule has 0 amide bonds. The molecule has 0 spiro atoms. The Bertz CT molecular complexity index is 1200. The van der Waals surface area contributed by atoms with Crippen LogP contribution in [0.3, 0.4) is 0 Å². The number of benzene rings is 2. The summed E-state index contributed by atoms with van der Waals surface area (Å²) in [5.41, 5.74) is 3.32. The molecule has 5 nitrogen and oxygen atoms in total. The smallest absolute Gasteiger partial charge is 0.161 e. The lowest BCUT2D eigenvalue weighted by Crippen LogP contribution is -2.22. The summed E-state index contributed by atoms with van der Waals surface area (Å²) >= 11 is 6.07. The zero-order chi connectivity index (χ0) is 19.3. The van der Waals surface area contributed by atoms with E-state index in [0.717, 1.165) is 36.6 Å². The minimum atomic E-state index is -0.917. The Morgan fingerprint density at radius 2 is 1.96 bits per heavy atom. The minimum absolute atomic E-state index is 0.177. The third-order valence-corrected chi connectivity index (χ3v) is 5.25. The number of imidazole rings is 1. The number of anilines is 1. The summed E-state index contributed by atoms with van der Waals surface area (Å²) in [6.45, 7) is 1.70. The first-order valence-corrected chi connectivity index (χ1v) is 9.37. The van der Waals surface area contributed by atoms with Crippen molar-refractivity contribution in [3.05, 3.63) is 53.2 Å². The van der Waals surface area contributed by atoms with Crippen LogP contribution < -0.4 is 10.6 Å². The van der Waals surface area contributed by atoms with Crippen molar-refractivity contribution in [1.29, 1.82) is 0 Å². The second kappa shape index (κ2) is 6.68. The van der Waals surface area contributed by atoms with E-state index in [-0.39, 0.29) is 6.04 Å². The summed E-state index contributed by atoms with van der Waals surface area (Å²) in [7, 11) is 0. The first kappa shape index (κ1) is 17.3. The second-order valence-corrected chi connectivity index (χ2v) is 7.35. The average molecular weight is 400 g/mol. The Kier molecular flexibility index (Phi) is 4.14. The van der Waals surface area contributed by atoms with Gasteiger partial charge >= 0.3 is 0 Å². The molecule has 28 heavy (non-hydrogen) atoms. The van der Waals surface area contributed by atoms with Gasteiger partial charge in [0, 0.05) is 35.3 Å². The number of rotatable bonds is 3. The first-order valence-electron chi connectivity index (χ1n) is 8.99. The van der Waals surface area contributed by atoms with Crippen LogP contribution in [-0.2, 0) is 0 Å². The standard InChI is InChI=1S/C20H16ClF2N5/c21-10-1-2-16-18(5-10)28-20(27-16)13-9-25-17-7-15(23)14(22)6-12(17)19(13)26-11-3-4-24-8-11/h1-2,5-7,9,11,24H,3-4,8H2,(H,25,26)(H,27,28). The van der Waals surface area contributed by atoms with E-state index in [2.05, 4.69) is 25.6 Å². The fraction of sp³-hybridized carbons (Fsp3) is 0.200. The van der Waals surface area contributed by atoms with Crippen molar-refractivity contribution in [2.45, 2.75) is 12.5 Å². The zero-order valence-electron chi connectivity index (χ0n) is 14.7. The number of fused-ring (bicyclic) bond motifs is 2. The lowest BCUT2D eigenvalue weighted by atomic mass is 10.1. The molecule has 3 N–H and O–H groups in total. The van der Waals surface area contributed by atoms with Crippen LogP contribution in [0.15, 0.2) is 36.5 Å². The van der Waals surface area contributed by atoms with Crippen LogP contribution in [0.25, 0.3) is 33.3 Å². The number of hydrogen-bond donors (Lipinski definition) is 3. The molecule has 5 rings (SSSR count). The van der Waals surface area contributed by atoms with Crippen LogP contribution in [0.4, 0.5) is 14.5 Å². The molecule has 1 aliphatic heterocycles. The topological polar surface area (TPSA) is 65.6 Å². The van der Waals surface area contributed by atoms with E-state index in [1.165, 1.54) is 6.07 Å². The third kappa shape index (κ3) is 2.96. The van der Waals surface area contributed by atoms with Crippen LogP contribution in [0, 0.1) is 11.6 Å². The first-order chi connectivity index (χ1) is 13.6. The van der Waals surface area contributed by atoms with Crippen LogP contribution >= 0.6 is 11.6 Å². The van der Waals surface area contributed by atoms with Gasteiger partial charge in [0.25, 0.3) is 0 Å². The Morgan fingerprint density at radius 1 is 1.11 bits per heavy atom. The van der Waals surface area contributed by atoms with Crippen LogP contribution in [-0.4, -0.2) is 34.1 Å². The molecule has 1 unspecified atom stereocenters. The quantitative estimate of drug-likeness (QED) is 0.475. The number of hydrogen-bond acceptors (Lipinski definition) is 4. The van der Waals surface area contributed by atoms with Gasteiger partial charge in [-0.3, -0.25) is 4.98 Å². The van der Waals surface area contributed by atoms with Crippen LogP contribution in [0.2, 0.25) is 5.02 Å². The summed E-state index contributed by atoms with van der Waals surface area (Å²) in [5, 5.41) is 7.89. The molecule has 0 radical (unpaired) electrons. The molecule has 0 bridgehead atoms. The monoisotopic (exact) mass is 399 g/mol. The molecule has 1 saturated heterocycles. The Balaban J connectivity index is 1.72. The maximum atomic E-state index is 14.0. The van der Waals surface area contributed by atoms with Crippen molar-refractivity contribution >= 4 is 39.2 Å². The number of halogens is 3. The van der Waals surface area contributed by atoms with Gasteiger partial charge in [0.05, 0.1) is 27.8 Å². The van der Waals surface area contributed by atoms with Gasteiger partial charge in [-0.05, 0) is 37.2 Å². The summed E-state index contributed by atoms with van der Waals surface area (Å²) in [5.74, 6) is -1.24. The van der Waals surface area contributed by atoms with Gasteiger partial charge in [-0.25, -0.2) is 13.8 Å². The largest absolute Gasteiger partial charge is 0.380 e. The van der Waals surface area contributed by atoms with Crippen molar-refractivity contribution in [3.8, 4) is 11.4 Å². The molecule has 1 fully saturated rings. The molecule has 1 aliphatic rings. The van der Waals surface area contributed by atoms with Gasteiger partial charge in [0.15, 0.2) is 11.6 Å². The van der Waals surface area contributed by atoms with Crippen molar-refractivity contribution in [2.24, 2.45) is 0 Å². The third-order valence-electron chi connectivity index (χ3n) is 5.02. The van der Waals surface area contributed by atoms with E-state index in [4.69, 9.17) is 11.6 Å². The molecule has 3 heterocycles. The van der Waals surface area contributed by atoms with E-state index in [1.807, 2.05) is 6.07 Å². The molecule has 0 aliphatic carbocycles. The molecule has 2 aromatic carbocycles. The number of aromatic nitrogens is 3. The highest BCUT2D eigenvalue weighted by atomic mass is 35.5. The number of nitrogens with zero attached hydrogens (tertiary/aromatic N) is 2. The molecule has 8 heteroatoms. The summed E-state index contributed by atoms with van der Waals surface area (Å²) in [6.07, 6.45) is 2.56. The summed E-state index contributed by atoms with van der Waals surface area (Å²) in [6, 6.07) is 7.88. The van der Waals surface area contributed by atoms with E-state index in [1.54, 1.807) is 18.3 Å². The normalized spacial score (nSPS) is 16.9. The average Bonchev–Trinajstić information content (AvgIpc) is 3.32. The van der Waals surface area contributed by atoms with E-state index in [9.17, 15) is 8.78 Å². The lowest BCUT2D eigenvalue weighted by Gasteiger charge is -2.18. The number of pyridine rings is 1. The Hall–Kier alpha value is -2.77. The van der Waals surface area contributed by atoms with Gasteiger partial charge in [-0.15, -0.1) is 0 Å². The second-order valence-electron chi connectivity index (χ2n) is 6.91. The van der Waals surface area contributed by atoms with Crippen molar-refractivity contribution in [2.75, 3.05) is 18.4 Å². The highest BCUT2D eigenvalue weighted by Gasteiger charge is 2.21. The van der Waals surface area contributed by atoms with E-state index >= 15 is 0 Å². The molecule has 0 saturated carbocycles. The molecule has 1 atom stereocenters. The number of H-pyrrole nitrogens is 1. The van der Waals surface area contributed by atoms with Gasteiger partial charge in [0.1, 0.15) is 5.82 Å². The maximum absolute atomic E-state index is 14.0. The molecule has 4 aromatic rings. The molecule has 142 valence electrons. The Labute approximate surface area is 164 Å². The van der Waals surface area contributed by atoms with Gasteiger partial charge in [0.2, 0.25) is 0 Å². The van der Waals surface area contributed by atoms with Crippen molar-refractivity contribution < 1.29 is 8.78 Å². The van der Waals surface area contributed by atoms with E-state index < -0.39 is 11.6 Å². The fourth-order valence-electron chi connectivity index (χ4n) is 3.61. The minimum Gasteiger partial charge on any atom is -0.380 e. The summed E-state index contributed by atoms with van der Waals surface area (Å²) < 4.78 is 27.7. The zero-order valence-corrected chi connectivity index (χ0v) is 15.4.